The maximum atomic E-state index is 12.8. The number of hydrogen-bond acceptors (Lipinski definition) is 3. The molecule has 21 heavy (non-hydrogen) atoms. The normalized spacial score (nSPS) is 23.4. The van der Waals surface area contributed by atoms with E-state index in [-0.39, 0.29) is 5.91 Å². The molecule has 2 aliphatic rings. The number of rotatable bonds is 2. The number of hydrogen-bond donors (Lipinski definition) is 0. The third-order valence-electron chi connectivity index (χ3n) is 5.19. The van der Waals surface area contributed by atoms with Crippen molar-refractivity contribution in [1.82, 2.24) is 9.88 Å². The zero-order valence-corrected chi connectivity index (χ0v) is 13.3. The largest absolute Gasteiger partial charge is 0.333 e. The van der Waals surface area contributed by atoms with E-state index in [1.807, 2.05) is 18.2 Å². The molecule has 1 aliphatic carbocycles. The molecule has 0 radical (unpaired) electrons. The van der Waals surface area contributed by atoms with Gasteiger partial charge in [-0.3, -0.25) is 4.79 Å². The van der Waals surface area contributed by atoms with Crippen LogP contribution in [0, 0.1) is 11.3 Å². The molecule has 0 N–H and O–H groups in total. The number of nitrogens with zero attached hydrogens (tertiary/aromatic N) is 2. The maximum absolute atomic E-state index is 12.8. The van der Waals surface area contributed by atoms with Crippen LogP contribution in [0.2, 0.25) is 0 Å². The lowest BCUT2D eigenvalue weighted by Gasteiger charge is -2.64. The molecule has 3 nitrogen and oxygen atoms in total. The van der Waals surface area contributed by atoms with Crippen LogP contribution in [-0.2, 0) is 0 Å². The molecule has 1 amide bonds. The first-order valence-electron chi connectivity index (χ1n) is 7.76. The van der Waals surface area contributed by atoms with Crippen LogP contribution >= 0.6 is 11.3 Å². The average molecular weight is 300 g/mol. The van der Waals surface area contributed by atoms with Crippen molar-refractivity contribution in [3.05, 3.63) is 29.3 Å². The van der Waals surface area contributed by atoms with Crippen LogP contribution < -0.4 is 0 Å². The molecule has 1 spiro atoms. The second-order valence-corrected chi connectivity index (χ2v) is 7.88. The van der Waals surface area contributed by atoms with Gasteiger partial charge in [-0.05, 0) is 30.9 Å². The SMILES string of the molecule is CC(C)C1N(C(=O)c2cc3cccnc3s2)CC12CCC2. The van der Waals surface area contributed by atoms with Gasteiger partial charge in [0.1, 0.15) is 4.83 Å². The Balaban J connectivity index is 1.62. The smallest absolute Gasteiger partial charge is 0.264 e. The maximum Gasteiger partial charge on any atom is 0.264 e. The van der Waals surface area contributed by atoms with Crippen molar-refractivity contribution in [2.24, 2.45) is 11.3 Å². The number of fused-ring (bicyclic) bond motifs is 1. The average Bonchev–Trinajstić information content (AvgIpc) is 2.78. The summed E-state index contributed by atoms with van der Waals surface area (Å²) in [6, 6.07) is 6.38. The Morgan fingerprint density at radius 1 is 1.48 bits per heavy atom. The highest BCUT2D eigenvalue weighted by atomic mass is 32.1. The lowest BCUT2D eigenvalue weighted by molar-refractivity contribution is -0.120. The minimum atomic E-state index is 0.203. The minimum Gasteiger partial charge on any atom is -0.333 e. The van der Waals surface area contributed by atoms with Gasteiger partial charge in [-0.2, -0.15) is 0 Å². The van der Waals surface area contributed by atoms with E-state index in [1.165, 1.54) is 30.6 Å². The molecular formula is C17H20N2OS. The first-order chi connectivity index (χ1) is 10.1. The molecule has 1 unspecified atom stereocenters. The van der Waals surface area contributed by atoms with E-state index in [1.54, 1.807) is 6.20 Å². The van der Waals surface area contributed by atoms with Crippen molar-refractivity contribution in [3.8, 4) is 0 Å². The zero-order valence-electron chi connectivity index (χ0n) is 12.5. The van der Waals surface area contributed by atoms with Crippen LogP contribution in [0.25, 0.3) is 10.2 Å². The van der Waals surface area contributed by atoms with Gasteiger partial charge in [0.25, 0.3) is 5.91 Å². The Morgan fingerprint density at radius 2 is 2.29 bits per heavy atom. The number of aromatic nitrogens is 1. The molecular weight excluding hydrogens is 280 g/mol. The van der Waals surface area contributed by atoms with E-state index in [0.29, 0.717) is 17.4 Å². The topological polar surface area (TPSA) is 33.2 Å². The van der Waals surface area contributed by atoms with Crippen molar-refractivity contribution in [1.29, 1.82) is 0 Å². The number of amides is 1. The molecule has 1 atom stereocenters. The van der Waals surface area contributed by atoms with Crippen molar-refractivity contribution in [2.45, 2.75) is 39.2 Å². The van der Waals surface area contributed by atoms with Crippen LogP contribution in [0.3, 0.4) is 0 Å². The number of likely N-dealkylation sites (tertiary alicyclic amines) is 1. The summed E-state index contributed by atoms with van der Waals surface area (Å²) in [6.45, 7) is 5.45. The highest BCUT2D eigenvalue weighted by Gasteiger charge is 2.58. The fourth-order valence-electron chi connectivity index (χ4n) is 4.22. The van der Waals surface area contributed by atoms with Gasteiger partial charge in [-0.15, -0.1) is 11.3 Å². The second kappa shape index (κ2) is 4.54. The van der Waals surface area contributed by atoms with Gasteiger partial charge >= 0.3 is 0 Å². The van der Waals surface area contributed by atoms with Crippen LogP contribution in [0.5, 0.6) is 0 Å². The number of thiophene rings is 1. The van der Waals surface area contributed by atoms with Gasteiger partial charge in [0.15, 0.2) is 0 Å². The van der Waals surface area contributed by atoms with Crippen LogP contribution in [0.1, 0.15) is 42.8 Å². The van der Waals surface area contributed by atoms with E-state index in [9.17, 15) is 4.79 Å². The molecule has 3 heterocycles. The predicted octanol–water partition coefficient (Wildman–Crippen LogP) is 3.95. The minimum absolute atomic E-state index is 0.203. The van der Waals surface area contributed by atoms with Crippen molar-refractivity contribution < 1.29 is 4.79 Å². The Bertz CT molecular complexity index is 669. The van der Waals surface area contributed by atoms with E-state index >= 15 is 0 Å². The molecule has 2 fully saturated rings. The van der Waals surface area contributed by atoms with Crippen LogP contribution in [0.15, 0.2) is 24.4 Å². The van der Waals surface area contributed by atoms with Gasteiger partial charge in [-0.25, -0.2) is 4.98 Å². The summed E-state index contributed by atoms with van der Waals surface area (Å²) in [6.07, 6.45) is 5.72. The lowest BCUT2D eigenvalue weighted by atomic mass is 9.55. The molecule has 1 saturated carbocycles. The molecule has 0 bridgehead atoms. The fraction of sp³-hybridized carbons (Fsp3) is 0.529. The monoisotopic (exact) mass is 300 g/mol. The molecule has 110 valence electrons. The number of carbonyl (C=O) groups excluding carboxylic acids is 1. The van der Waals surface area contributed by atoms with Crippen molar-refractivity contribution >= 4 is 27.5 Å². The highest BCUT2D eigenvalue weighted by molar-refractivity contribution is 7.20. The number of carbonyl (C=O) groups is 1. The first-order valence-corrected chi connectivity index (χ1v) is 8.58. The van der Waals surface area contributed by atoms with E-state index in [0.717, 1.165) is 21.6 Å². The van der Waals surface area contributed by atoms with Gasteiger partial charge < -0.3 is 4.90 Å². The molecule has 4 rings (SSSR count). The van der Waals surface area contributed by atoms with Gasteiger partial charge in [0, 0.05) is 29.6 Å². The third-order valence-corrected chi connectivity index (χ3v) is 6.24. The zero-order chi connectivity index (χ0) is 14.6. The molecule has 2 aromatic heterocycles. The molecule has 4 heteroatoms. The lowest BCUT2D eigenvalue weighted by Crippen LogP contribution is -2.70. The third kappa shape index (κ3) is 1.85. The summed E-state index contributed by atoms with van der Waals surface area (Å²) >= 11 is 1.52. The predicted molar refractivity (Wildman–Crippen MR) is 85.6 cm³/mol. The van der Waals surface area contributed by atoms with Gasteiger partial charge in [-0.1, -0.05) is 26.3 Å². The van der Waals surface area contributed by atoms with Gasteiger partial charge in [0.05, 0.1) is 4.88 Å². The Kier molecular flexibility index (Phi) is 2.86. The highest BCUT2D eigenvalue weighted by Crippen LogP contribution is 2.55. The molecule has 2 aromatic rings. The molecule has 1 saturated heterocycles. The van der Waals surface area contributed by atoms with E-state index in [4.69, 9.17) is 0 Å². The Labute approximate surface area is 129 Å². The quantitative estimate of drug-likeness (QED) is 0.841. The summed E-state index contributed by atoms with van der Waals surface area (Å²) < 4.78 is 0. The Hall–Kier alpha value is -1.42. The summed E-state index contributed by atoms with van der Waals surface area (Å²) in [4.78, 5) is 21.1. The van der Waals surface area contributed by atoms with Crippen molar-refractivity contribution in [2.75, 3.05) is 6.54 Å². The fourth-order valence-corrected chi connectivity index (χ4v) is 5.18. The summed E-state index contributed by atoms with van der Waals surface area (Å²) in [5.74, 6) is 0.740. The number of pyridine rings is 1. The van der Waals surface area contributed by atoms with Gasteiger partial charge in [0.2, 0.25) is 0 Å². The summed E-state index contributed by atoms with van der Waals surface area (Å²) in [5.41, 5.74) is 0.443. The molecule has 1 aliphatic heterocycles. The van der Waals surface area contributed by atoms with Crippen LogP contribution in [-0.4, -0.2) is 28.4 Å². The first kappa shape index (κ1) is 13.3. The van der Waals surface area contributed by atoms with E-state index < -0.39 is 0 Å². The van der Waals surface area contributed by atoms with E-state index in [2.05, 4.69) is 23.7 Å². The summed E-state index contributed by atoms with van der Waals surface area (Å²) in [7, 11) is 0. The summed E-state index contributed by atoms with van der Waals surface area (Å²) in [5, 5.41) is 1.07. The standard InChI is InChI=1S/C17H20N2OS/c1-11(2)14-17(6-4-7-17)10-19(14)16(20)13-9-12-5-3-8-18-15(12)21-13/h3,5,8-9,11,14H,4,6-7,10H2,1-2H3. The molecule has 0 aromatic carbocycles. The van der Waals surface area contributed by atoms with Crippen LogP contribution in [0.4, 0.5) is 0 Å². The second-order valence-electron chi connectivity index (χ2n) is 6.85. The van der Waals surface area contributed by atoms with Crippen molar-refractivity contribution in [3.63, 3.8) is 0 Å². The Morgan fingerprint density at radius 3 is 2.90 bits per heavy atom.